The average molecular weight is 605 g/mol. The molecule has 7 rings (SSSR count). The van der Waals surface area contributed by atoms with Gasteiger partial charge < -0.3 is 10.3 Å². The highest BCUT2D eigenvalue weighted by Gasteiger charge is 2.38. The third-order valence-corrected chi connectivity index (χ3v) is 9.69. The summed E-state index contributed by atoms with van der Waals surface area (Å²) in [5.74, 6) is 3.39. The number of aromatic nitrogens is 1. The molecule has 1 saturated heterocycles. The van der Waals surface area contributed by atoms with Crippen LogP contribution in [-0.2, 0) is 0 Å². The van der Waals surface area contributed by atoms with Gasteiger partial charge in [0.25, 0.3) is 0 Å². The zero-order valence-electron chi connectivity index (χ0n) is 27.0. The van der Waals surface area contributed by atoms with Crippen molar-refractivity contribution in [2.75, 3.05) is 0 Å². The molecule has 5 heterocycles. The number of nitrogens with one attached hydrogen (secondary N) is 2. The SMILES string of the molecule is Cc1ccc(C2=c3ccc([nH]3)=CC3=NC(=CC4CC(C)(C)C(C=C5C=CC2=N5)N4)C=C3c2ccc(C#C[Si](C)(C)C)cc2)cc1. The van der Waals surface area contributed by atoms with Gasteiger partial charge >= 0.3 is 0 Å². The number of hydrogen-bond donors (Lipinski definition) is 2. The Morgan fingerprint density at radius 2 is 1.53 bits per heavy atom. The first-order valence-corrected chi connectivity index (χ1v) is 19.4. The molecule has 2 N–H and O–H groups in total. The number of allylic oxidation sites excluding steroid dienone is 4. The van der Waals surface area contributed by atoms with E-state index in [1.165, 1.54) is 5.56 Å². The molecule has 2 atom stereocenters. The molecular weight excluding hydrogens is 565 g/mol. The molecule has 4 aliphatic rings. The molecule has 45 heavy (non-hydrogen) atoms. The fourth-order valence-electron chi connectivity index (χ4n) is 6.40. The lowest BCUT2D eigenvalue weighted by atomic mass is 9.83. The summed E-state index contributed by atoms with van der Waals surface area (Å²) in [6.07, 6.45) is 14.3. The van der Waals surface area contributed by atoms with Crippen molar-refractivity contribution in [3.8, 4) is 11.5 Å². The van der Waals surface area contributed by atoms with Gasteiger partial charge in [0.1, 0.15) is 8.07 Å². The van der Waals surface area contributed by atoms with Gasteiger partial charge in [-0.1, -0.05) is 81.4 Å². The summed E-state index contributed by atoms with van der Waals surface area (Å²) in [6.45, 7) is 13.6. The number of rotatable bonds is 2. The highest BCUT2D eigenvalue weighted by atomic mass is 28.3. The van der Waals surface area contributed by atoms with Crippen LogP contribution in [-0.4, -0.2) is 36.6 Å². The zero-order chi connectivity index (χ0) is 31.3. The Morgan fingerprint density at radius 3 is 2.29 bits per heavy atom. The largest absolute Gasteiger partial charge is 0.355 e. The van der Waals surface area contributed by atoms with Gasteiger partial charge in [0.05, 0.1) is 22.8 Å². The number of aryl methyl sites for hydroxylation is 1. The van der Waals surface area contributed by atoms with Gasteiger partial charge in [-0.3, -0.25) is 0 Å². The second-order valence-electron chi connectivity index (χ2n) is 14.3. The standard InChI is InChI=1S/C40H40N4Si/c1-26-7-11-29(12-8-26)39-35-17-15-30(41-35)23-37-34(28-13-9-27(10-14-28)19-20-45(4,5)6)22-32(43-37)21-33-25-40(2,3)38(44-33)24-31-16-18-36(39)42-31/h7-18,21-24,33,38,41,44H,25H2,1-6H3. The van der Waals surface area contributed by atoms with Crippen molar-refractivity contribution >= 4 is 36.7 Å². The van der Waals surface area contributed by atoms with Crippen LogP contribution in [0.1, 0.15) is 42.5 Å². The van der Waals surface area contributed by atoms with Crippen LogP contribution in [0, 0.1) is 23.8 Å². The van der Waals surface area contributed by atoms with Crippen molar-refractivity contribution < 1.29 is 0 Å². The molecule has 3 aromatic rings. The molecule has 4 nitrogen and oxygen atoms in total. The van der Waals surface area contributed by atoms with Crippen LogP contribution in [0.4, 0.5) is 0 Å². The van der Waals surface area contributed by atoms with E-state index in [4.69, 9.17) is 9.98 Å². The predicted molar refractivity (Wildman–Crippen MR) is 192 cm³/mol. The summed E-state index contributed by atoms with van der Waals surface area (Å²) in [5.41, 5.74) is 14.3. The third kappa shape index (κ3) is 6.22. The van der Waals surface area contributed by atoms with E-state index in [9.17, 15) is 0 Å². The minimum Gasteiger partial charge on any atom is -0.355 e. The first-order valence-electron chi connectivity index (χ1n) is 15.9. The fraction of sp³-hybridized carbons (Fsp3) is 0.250. The van der Waals surface area contributed by atoms with E-state index in [1.54, 1.807) is 0 Å². The van der Waals surface area contributed by atoms with Gasteiger partial charge in [-0.2, -0.15) is 0 Å². The van der Waals surface area contributed by atoms with Gasteiger partial charge in [-0.15, -0.1) is 5.54 Å². The fourth-order valence-corrected chi connectivity index (χ4v) is 6.92. The van der Waals surface area contributed by atoms with Crippen molar-refractivity contribution in [2.45, 2.75) is 58.9 Å². The van der Waals surface area contributed by atoms with Crippen LogP contribution >= 0.6 is 0 Å². The monoisotopic (exact) mass is 604 g/mol. The molecule has 5 heteroatoms. The number of benzene rings is 2. The molecule has 0 spiro atoms. The molecular formula is C40H40N4Si. The normalized spacial score (nSPS) is 21.6. The molecule has 0 aliphatic carbocycles. The molecule has 0 radical (unpaired) electrons. The highest BCUT2D eigenvalue weighted by Crippen LogP contribution is 2.37. The molecule has 224 valence electrons. The van der Waals surface area contributed by atoms with E-state index in [-0.39, 0.29) is 17.5 Å². The first kappa shape index (κ1) is 29.2. The zero-order valence-corrected chi connectivity index (χ0v) is 28.0. The molecule has 1 aromatic heterocycles. The lowest BCUT2D eigenvalue weighted by molar-refractivity contribution is 0.355. The van der Waals surface area contributed by atoms with Crippen LogP contribution < -0.4 is 16.0 Å². The van der Waals surface area contributed by atoms with Gasteiger partial charge in [-0.25, -0.2) is 9.98 Å². The second-order valence-corrected chi connectivity index (χ2v) is 19.1. The Labute approximate surface area is 267 Å². The number of hydrogen-bond acceptors (Lipinski definition) is 3. The molecule has 8 bridgehead atoms. The minimum absolute atomic E-state index is 0.0723. The number of nitrogens with zero attached hydrogens (tertiary/aromatic N) is 2. The first-order chi connectivity index (χ1) is 21.5. The van der Waals surface area contributed by atoms with Crippen LogP contribution in [0.2, 0.25) is 19.6 Å². The Balaban J connectivity index is 1.39. The predicted octanol–water partition coefficient (Wildman–Crippen LogP) is 6.62. The quantitative estimate of drug-likeness (QED) is 0.251. The minimum atomic E-state index is -1.44. The number of aromatic amines is 1. The maximum absolute atomic E-state index is 5.18. The number of H-pyrrole nitrogens is 1. The molecule has 1 fully saturated rings. The summed E-state index contributed by atoms with van der Waals surface area (Å²) in [5, 5.41) is 5.91. The maximum atomic E-state index is 5.18. The van der Waals surface area contributed by atoms with E-state index < -0.39 is 8.07 Å². The van der Waals surface area contributed by atoms with E-state index in [1.807, 2.05) is 0 Å². The third-order valence-electron chi connectivity index (χ3n) is 8.81. The van der Waals surface area contributed by atoms with Crippen molar-refractivity contribution in [2.24, 2.45) is 15.4 Å². The summed E-state index contributed by atoms with van der Waals surface area (Å²) in [7, 11) is -1.44. The van der Waals surface area contributed by atoms with Crippen molar-refractivity contribution in [3.63, 3.8) is 0 Å². The number of fused-ring (bicyclic) bond motifs is 6. The summed E-state index contributed by atoms with van der Waals surface area (Å²) in [6, 6.07) is 22.0. The van der Waals surface area contributed by atoms with E-state index >= 15 is 0 Å². The lowest BCUT2D eigenvalue weighted by Gasteiger charge is -2.23. The molecule has 2 aromatic carbocycles. The molecule has 2 unspecified atom stereocenters. The topological polar surface area (TPSA) is 52.5 Å². The van der Waals surface area contributed by atoms with Crippen LogP contribution in [0.15, 0.2) is 112 Å². The Bertz CT molecular complexity index is 2060. The maximum Gasteiger partial charge on any atom is 0.129 e. The molecule has 0 saturated carbocycles. The van der Waals surface area contributed by atoms with Crippen LogP contribution in [0.5, 0.6) is 0 Å². The van der Waals surface area contributed by atoms with Crippen LogP contribution in [0.25, 0.3) is 17.2 Å². The van der Waals surface area contributed by atoms with E-state index in [2.05, 4.69) is 159 Å². The van der Waals surface area contributed by atoms with E-state index in [0.717, 1.165) is 67.8 Å². The lowest BCUT2D eigenvalue weighted by Crippen LogP contribution is -2.32. The second kappa shape index (κ2) is 11.1. The molecule has 0 amide bonds. The van der Waals surface area contributed by atoms with Crippen molar-refractivity contribution in [3.05, 3.63) is 135 Å². The molecule has 4 aliphatic heterocycles. The van der Waals surface area contributed by atoms with Crippen molar-refractivity contribution in [1.29, 1.82) is 0 Å². The van der Waals surface area contributed by atoms with Gasteiger partial charge in [0.15, 0.2) is 0 Å². The Morgan fingerprint density at radius 1 is 0.800 bits per heavy atom. The van der Waals surface area contributed by atoms with E-state index in [0.29, 0.717) is 0 Å². The Hall–Kier alpha value is -4.50. The number of aliphatic imine (C=N–C) groups is 2. The summed E-state index contributed by atoms with van der Waals surface area (Å²) < 4.78 is 0. The Kier molecular flexibility index (Phi) is 7.23. The van der Waals surface area contributed by atoms with Gasteiger partial charge in [-0.05, 0) is 90.6 Å². The van der Waals surface area contributed by atoms with Gasteiger partial charge in [0.2, 0.25) is 0 Å². The van der Waals surface area contributed by atoms with Crippen LogP contribution in [0.3, 0.4) is 0 Å². The summed E-state index contributed by atoms with van der Waals surface area (Å²) in [4.78, 5) is 14.0. The summed E-state index contributed by atoms with van der Waals surface area (Å²) >= 11 is 0. The van der Waals surface area contributed by atoms with Crippen molar-refractivity contribution in [1.82, 2.24) is 10.3 Å². The van der Waals surface area contributed by atoms with Gasteiger partial charge in [0, 0.05) is 39.5 Å². The smallest absolute Gasteiger partial charge is 0.129 e. The average Bonchev–Trinajstić information content (AvgIpc) is 3.77. The highest BCUT2D eigenvalue weighted by molar-refractivity contribution is 6.83.